The number of carbonyl (C=O) groups excluding carboxylic acids is 1. The average molecular weight is 293 g/mol. The third-order valence-corrected chi connectivity index (χ3v) is 7.02. The molecule has 0 aromatic heterocycles. The van der Waals surface area contributed by atoms with Gasteiger partial charge in [-0.3, -0.25) is 4.79 Å². The number of carbonyl (C=O) groups is 1. The topological polar surface area (TPSA) is 40.9 Å². The van der Waals surface area contributed by atoms with Gasteiger partial charge in [0.25, 0.3) is 0 Å². The fraction of sp³-hybridized carbons (Fsp3) is 0.600. The van der Waals surface area contributed by atoms with Crippen molar-refractivity contribution < 1.29 is 4.79 Å². The maximum Gasteiger partial charge on any atom is 0.137 e. The van der Waals surface area contributed by atoms with E-state index in [0.717, 1.165) is 37.7 Å². The smallest absolute Gasteiger partial charge is 0.137 e. The Morgan fingerprint density at radius 2 is 2.05 bits per heavy atom. The fourth-order valence-electron chi connectivity index (χ4n) is 5.54. The molecule has 2 nitrogen and oxygen atoms in total. The van der Waals surface area contributed by atoms with Crippen molar-refractivity contribution in [2.24, 2.45) is 22.7 Å². The predicted molar refractivity (Wildman–Crippen MR) is 85.8 cm³/mol. The molecule has 0 N–H and O–H groups in total. The molecule has 0 amide bonds. The standard InChI is InChI=1S/C20H23NO/c1-19-9-7-15(22)11-13(19)3-5-16-17-6-4-14(12-21)20(17,2)10-8-18(16)19/h3-4,8,16-17H,5-7,9-11H2,1-2H3/t16-,17-,19-,20+/m0/s1. The summed E-state index contributed by atoms with van der Waals surface area (Å²) < 4.78 is 0. The Morgan fingerprint density at radius 1 is 1.23 bits per heavy atom. The van der Waals surface area contributed by atoms with Crippen LogP contribution in [0.25, 0.3) is 0 Å². The largest absolute Gasteiger partial charge is 0.299 e. The van der Waals surface area contributed by atoms with E-state index in [1.54, 1.807) is 5.57 Å². The van der Waals surface area contributed by atoms with Gasteiger partial charge in [0.1, 0.15) is 5.78 Å². The molecule has 0 aromatic carbocycles. The molecule has 114 valence electrons. The molecule has 0 aromatic rings. The van der Waals surface area contributed by atoms with Crippen LogP contribution >= 0.6 is 0 Å². The lowest BCUT2D eigenvalue weighted by Gasteiger charge is -2.52. The number of hydrogen-bond acceptors (Lipinski definition) is 2. The van der Waals surface area contributed by atoms with Crippen molar-refractivity contribution in [2.45, 2.75) is 52.4 Å². The summed E-state index contributed by atoms with van der Waals surface area (Å²) in [4.78, 5) is 11.8. The fourth-order valence-corrected chi connectivity index (χ4v) is 5.54. The Balaban J connectivity index is 1.75. The summed E-state index contributed by atoms with van der Waals surface area (Å²) in [6.45, 7) is 4.62. The van der Waals surface area contributed by atoms with Crippen LogP contribution in [0.3, 0.4) is 0 Å². The molecule has 4 rings (SSSR count). The molecular formula is C20H23NO. The molecular weight excluding hydrogens is 270 g/mol. The van der Waals surface area contributed by atoms with Crippen molar-refractivity contribution in [2.75, 3.05) is 0 Å². The lowest BCUT2D eigenvalue weighted by atomic mass is 9.52. The van der Waals surface area contributed by atoms with Crippen molar-refractivity contribution >= 4 is 5.78 Å². The second-order valence-electron chi connectivity index (χ2n) is 7.97. The zero-order valence-corrected chi connectivity index (χ0v) is 13.5. The predicted octanol–water partition coefficient (Wildman–Crippen LogP) is 4.50. The second kappa shape index (κ2) is 4.44. The van der Waals surface area contributed by atoms with E-state index in [4.69, 9.17) is 0 Å². The highest BCUT2D eigenvalue weighted by Gasteiger charge is 2.53. The second-order valence-corrected chi connectivity index (χ2v) is 7.97. The summed E-state index contributed by atoms with van der Waals surface area (Å²) in [6.07, 6.45) is 12.4. The van der Waals surface area contributed by atoms with Gasteiger partial charge >= 0.3 is 0 Å². The normalized spacial score (nSPS) is 43.1. The summed E-state index contributed by atoms with van der Waals surface area (Å²) in [6, 6.07) is 2.44. The van der Waals surface area contributed by atoms with Crippen molar-refractivity contribution in [3.05, 3.63) is 34.9 Å². The van der Waals surface area contributed by atoms with E-state index in [2.05, 4.69) is 38.1 Å². The van der Waals surface area contributed by atoms with Crippen LogP contribution < -0.4 is 0 Å². The van der Waals surface area contributed by atoms with Crippen LogP contribution in [-0.2, 0) is 4.79 Å². The Labute approximate surface area is 132 Å². The molecule has 0 heterocycles. The maximum atomic E-state index is 11.8. The maximum absolute atomic E-state index is 11.8. The molecule has 0 aliphatic heterocycles. The first-order valence-corrected chi connectivity index (χ1v) is 8.51. The summed E-state index contributed by atoms with van der Waals surface area (Å²) in [5.41, 5.74) is 4.07. The molecule has 2 heteroatoms. The van der Waals surface area contributed by atoms with Crippen LogP contribution in [0, 0.1) is 34.0 Å². The number of Topliss-reactive ketones (excluding diaryl/α,β-unsaturated/α-hetero) is 1. The van der Waals surface area contributed by atoms with Crippen molar-refractivity contribution in [3.63, 3.8) is 0 Å². The van der Waals surface area contributed by atoms with Gasteiger partial charge in [0, 0.05) is 29.2 Å². The minimum Gasteiger partial charge on any atom is -0.299 e. The summed E-state index contributed by atoms with van der Waals surface area (Å²) in [7, 11) is 0. The third kappa shape index (κ3) is 1.63. The number of rotatable bonds is 0. The highest BCUT2D eigenvalue weighted by molar-refractivity contribution is 5.83. The van der Waals surface area contributed by atoms with Crippen LogP contribution in [0.1, 0.15) is 52.4 Å². The van der Waals surface area contributed by atoms with E-state index in [9.17, 15) is 10.1 Å². The van der Waals surface area contributed by atoms with Gasteiger partial charge in [-0.1, -0.05) is 43.2 Å². The highest BCUT2D eigenvalue weighted by Crippen LogP contribution is 2.62. The first-order valence-electron chi connectivity index (χ1n) is 8.51. The molecule has 1 saturated carbocycles. The van der Waals surface area contributed by atoms with Gasteiger partial charge in [-0.25, -0.2) is 0 Å². The van der Waals surface area contributed by atoms with E-state index >= 15 is 0 Å². The van der Waals surface area contributed by atoms with Crippen LogP contribution in [0.2, 0.25) is 0 Å². The molecule has 0 saturated heterocycles. The first-order chi connectivity index (χ1) is 10.5. The Hall–Kier alpha value is -1.62. The van der Waals surface area contributed by atoms with E-state index in [0.29, 0.717) is 24.0 Å². The molecule has 4 atom stereocenters. The molecule has 4 aliphatic carbocycles. The Bertz CT molecular complexity index is 689. The number of fused-ring (bicyclic) bond motifs is 5. The number of ketones is 1. The van der Waals surface area contributed by atoms with Crippen LogP contribution in [0.5, 0.6) is 0 Å². The Morgan fingerprint density at radius 3 is 2.82 bits per heavy atom. The van der Waals surface area contributed by atoms with Gasteiger partial charge in [0.15, 0.2) is 0 Å². The lowest BCUT2D eigenvalue weighted by Crippen LogP contribution is -2.43. The van der Waals surface area contributed by atoms with Crippen molar-refractivity contribution in [1.29, 1.82) is 5.26 Å². The van der Waals surface area contributed by atoms with Gasteiger partial charge in [-0.05, 0) is 37.5 Å². The Kier molecular flexibility index (Phi) is 2.83. The zero-order chi connectivity index (χ0) is 15.5. The SMILES string of the molecule is C[C@]12CCC(=O)CC1=CC[C@@H]1C2=CC[C@]2(C)C(C#N)=CC[C@@H]12. The van der Waals surface area contributed by atoms with E-state index in [1.807, 2.05) is 0 Å². The molecule has 0 spiro atoms. The number of nitrogens with zero attached hydrogens (tertiary/aromatic N) is 1. The lowest BCUT2D eigenvalue weighted by molar-refractivity contribution is -0.120. The monoisotopic (exact) mass is 293 g/mol. The minimum atomic E-state index is 0.0368. The van der Waals surface area contributed by atoms with E-state index in [-0.39, 0.29) is 10.8 Å². The molecule has 0 bridgehead atoms. The zero-order valence-electron chi connectivity index (χ0n) is 13.5. The van der Waals surface area contributed by atoms with Gasteiger partial charge in [0.2, 0.25) is 0 Å². The van der Waals surface area contributed by atoms with Crippen molar-refractivity contribution in [3.8, 4) is 6.07 Å². The van der Waals surface area contributed by atoms with Crippen LogP contribution in [-0.4, -0.2) is 5.78 Å². The molecule has 22 heavy (non-hydrogen) atoms. The number of hydrogen-bond donors (Lipinski definition) is 0. The van der Waals surface area contributed by atoms with Gasteiger partial charge in [-0.2, -0.15) is 5.26 Å². The van der Waals surface area contributed by atoms with E-state index < -0.39 is 0 Å². The molecule has 0 radical (unpaired) electrons. The first kappa shape index (κ1) is 14.0. The molecule has 0 unspecified atom stereocenters. The summed E-state index contributed by atoms with van der Waals surface area (Å²) >= 11 is 0. The minimum absolute atomic E-state index is 0.0368. The van der Waals surface area contributed by atoms with Gasteiger partial charge in [-0.15, -0.1) is 0 Å². The van der Waals surface area contributed by atoms with Crippen LogP contribution in [0.4, 0.5) is 0 Å². The summed E-state index contributed by atoms with van der Waals surface area (Å²) in [5.74, 6) is 1.52. The summed E-state index contributed by atoms with van der Waals surface area (Å²) in [5, 5.41) is 9.45. The van der Waals surface area contributed by atoms with Crippen LogP contribution in [0.15, 0.2) is 34.9 Å². The molecule has 4 aliphatic rings. The quantitative estimate of drug-likeness (QED) is 0.617. The highest BCUT2D eigenvalue weighted by atomic mass is 16.1. The molecule has 1 fully saturated rings. The number of allylic oxidation sites excluding steroid dienone is 6. The average Bonchev–Trinajstić information content (AvgIpc) is 2.84. The van der Waals surface area contributed by atoms with Gasteiger partial charge in [0.05, 0.1) is 6.07 Å². The van der Waals surface area contributed by atoms with Crippen molar-refractivity contribution in [1.82, 2.24) is 0 Å². The third-order valence-electron chi connectivity index (χ3n) is 7.02. The van der Waals surface area contributed by atoms with E-state index in [1.165, 1.54) is 5.57 Å². The van der Waals surface area contributed by atoms with Gasteiger partial charge < -0.3 is 0 Å². The number of nitriles is 1.